The summed E-state index contributed by atoms with van der Waals surface area (Å²) in [7, 11) is 0. The molecule has 2 aromatic rings. The average Bonchev–Trinajstić information content (AvgIpc) is 2.46. The van der Waals surface area contributed by atoms with E-state index in [1.165, 1.54) is 30.3 Å². The van der Waals surface area contributed by atoms with Gasteiger partial charge >= 0.3 is 0 Å². The molecule has 1 aliphatic heterocycles. The number of anilines is 1. The van der Waals surface area contributed by atoms with Gasteiger partial charge in [0.25, 0.3) is 0 Å². The summed E-state index contributed by atoms with van der Waals surface area (Å²) in [4.78, 5) is 2.40. The second-order valence-corrected chi connectivity index (χ2v) is 4.83. The summed E-state index contributed by atoms with van der Waals surface area (Å²) in [5.74, 6) is 0. The van der Waals surface area contributed by atoms with E-state index in [1.54, 1.807) is 0 Å². The number of rotatable bonds is 2. The first-order valence-electron chi connectivity index (χ1n) is 6.57. The molecule has 0 bridgehead atoms. The van der Waals surface area contributed by atoms with Crippen molar-refractivity contribution in [1.82, 2.24) is 10.2 Å². The zero-order valence-corrected chi connectivity index (χ0v) is 10.4. The van der Waals surface area contributed by atoms with E-state index >= 15 is 0 Å². The molecule has 4 nitrogen and oxygen atoms in total. The van der Waals surface area contributed by atoms with Gasteiger partial charge in [0.1, 0.15) is 0 Å². The van der Waals surface area contributed by atoms with E-state index in [1.807, 2.05) is 18.3 Å². The molecule has 0 saturated carbocycles. The number of nitrogens with two attached hydrogens (primary N) is 1. The van der Waals surface area contributed by atoms with E-state index in [-0.39, 0.29) is 0 Å². The van der Waals surface area contributed by atoms with Crippen LogP contribution in [0.15, 0.2) is 30.5 Å². The van der Waals surface area contributed by atoms with Crippen molar-refractivity contribution in [2.24, 2.45) is 5.73 Å². The predicted molar refractivity (Wildman–Crippen MR) is 73.6 cm³/mol. The highest BCUT2D eigenvalue weighted by atomic mass is 15.2. The summed E-state index contributed by atoms with van der Waals surface area (Å²) < 4.78 is 0. The molecule has 1 saturated heterocycles. The first-order valence-corrected chi connectivity index (χ1v) is 6.57. The standard InChI is InChI=1S/C14H18N4/c15-9-11-5-3-4-8-18(11)14-10-16-17-13-7-2-1-6-12(13)14/h1-2,6-7,10-11H,3-5,8-9,15H2. The Morgan fingerprint density at radius 1 is 1.28 bits per heavy atom. The molecule has 1 atom stereocenters. The van der Waals surface area contributed by atoms with E-state index in [2.05, 4.69) is 27.2 Å². The van der Waals surface area contributed by atoms with Gasteiger partial charge in [-0.2, -0.15) is 10.2 Å². The highest BCUT2D eigenvalue weighted by Crippen LogP contribution is 2.29. The van der Waals surface area contributed by atoms with Crippen LogP contribution in [0.4, 0.5) is 5.69 Å². The van der Waals surface area contributed by atoms with Gasteiger partial charge in [0.2, 0.25) is 0 Å². The second kappa shape index (κ2) is 4.90. The lowest BCUT2D eigenvalue weighted by atomic mass is 10.0. The van der Waals surface area contributed by atoms with Gasteiger partial charge in [0, 0.05) is 24.5 Å². The molecule has 4 heteroatoms. The van der Waals surface area contributed by atoms with Crippen molar-refractivity contribution in [3.63, 3.8) is 0 Å². The van der Waals surface area contributed by atoms with Gasteiger partial charge in [-0.25, -0.2) is 0 Å². The minimum Gasteiger partial charge on any atom is -0.365 e. The average molecular weight is 242 g/mol. The lowest BCUT2D eigenvalue weighted by Crippen LogP contribution is -2.44. The summed E-state index contributed by atoms with van der Waals surface area (Å²) in [6, 6.07) is 8.60. The normalized spacial score (nSPS) is 20.3. The molecule has 1 aromatic carbocycles. The van der Waals surface area contributed by atoms with Gasteiger partial charge in [-0.15, -0.1) is 0 Å². The van der Waals surface area contributed by atoms with E-state index in [0.29, 0.717) is 12.6 Å². The van der Waals surface area contributed by atoms with Crippen LogP contribution < -0.4 is 10.6 Å². The van der Waals surface area contributed by atoms with E-state index in [0.717, 1.165) is 12.1 Å². The number of fused-ring (bicyclic) bond motifs is 1. The molecule has 2 N–H and O–H groups in total. The Morgan fingerprint density at radius 2 is 2.17 bits per heavy atom. The lowest BCUT2D eigenvalue weighted by Gasteiger charge is -2.37. The molecule has 18 heavy (non-hydrogen) atoms. The van der Waals surface area contributed by atoms with Crippen LogP contribution in [0.5, 0.6) is 0 Å². The highest BCUT2D eigenvalue weighted by Gasteiger charge is 2.23. The third kappa shape index (κ3) is 1.93. The number of nitrogens with zero attached hydrogens (tertiary/aromatic N) is 3. The van der Waals surface area contributed by atoms with Crippen molar-refractivity contribution in [1.29, 1.82) is 0 Å². The molecule has 94 valence electrons. The Kier molecular flexibility index (Phi) is 3.11. The van der Waals surface area contributed by atoms with E-state index < -0.39 is 0 Å². The third-order valence-electron chi connectivity index (χ3n) is 3.73. The Balaban J connectivity index is 2.07. The van der Waals surface area contributed by atoms with E-state index in [9.17, 15) is 0 Å². The first-order chi connectivity index (χ1) is 8.90. The second-order valence-electron chi connectivity index (χ2n) is 4.83. The van der Waals surface area contributed by atoms with E-state index in [4.69, 9.17) is 5.73 Å². The number of hydrogen-bond acceptors (Lipinski definition) is 4. The molecule has 0 amide bonds. The highest BCUT2D eigenvalue weighted by molar-refractivity contribution is 5.90. The van der Waals surface area contributed by atoms with Gasteiger partial charge in [0.15, 0.2) is 0 Å². The summed E-state index contributed by atoms with van der Waals surface area (Å²) in [6.45, 7) is 1.77. The smallest absolute Gasteiger partial charge is 0.0950 e. The minimum atomic E-state index is 0.436. The lowest BCUT2D eigenvalue weighted by molar-refractivity contribution is 0.466. The molecule has 1 unspecified atom stereocenters. The van der Waals surface area contributed by atoms with Gasteiger partial charge < -0.3 is 10.6 Å². The monoisotopic (exact) mass is 242 g/mol. The fraction of sp³-hybridized carbons (Fsp3) is 0.429. The minimum absolute atomic E-state index is 0.436. The summed E-state index contributed by atoms with van der Waals surface area (Å²) in [5.41, 5.74) is 8.03. The Labute approximate surface area is 107 Å². The summed E-state index contributed by atoms with van der Waals surface area (Å²) in [5, 5.41) is 9.48. The molecule has 0 radical (unpaired) electrons. The molecular weight excluding hydrogens is 224 g/mol. The SMILES string of the molecule is NCC1CCCCN1c1cnnc2ccccc12. The molecule has 0 aliphatic carbocycles. The molecular formula is C14H18N4. The van der Waals surface area contributed by atoms with Crippen LogP contribution in [0.2, 0.25) is 0 Å². The van der Waals surface area contributed by atoms with Gasteiger partial charge in [-0.05, 0) is 25.3 Å². The fourth-order valence-corrected chi connectivity index (χ4v) is 2.78. The maximum absolute atomic E-state index is 5.90. The fourth-order valence-electron chi connectivity index (χ4n) is 2.78. The van der Waals surface area contributed by atoms with Gasteiger partial charge in [0.05, 0.1) is 17.4 Å². The van der Waals surface area contributed by atoms with Crippen molar-refractivity contribution in [2.45, 2.75) is 25.3 Å². The number of aromatic nitrogens is 2. The maximum atomic E-state index is 5.90. The van der Waals surface area contributed by atoms with Crippen LogP contribution in [0.25, 0.3) is 10.9 Å². The van der Waals surface area contributed by atoms with Gasteiger partial charge in [-0.3, -0.25) is 0 Å². The van der Waals surface area contributed by atoms with Crippen molar-refractivity contribution in [3.05, 3.63) is 30.5 Å². The Bertz CT molecular complexity index is 535. The third-order valence-corrected chi connectivity index (χ3v) is 3.73. The van der Waals surface area contributed by atoms with Crippen molar-refractivity contribution >= 4 is 16.6 Å². The van der Waals surface area contributed by atoms with Crippen LogP contribution in [-0.2, 0) is 0 Å². The van der Waals surface area contributed by atoms with Crippen molar-refractivity contribution < 1.29 is 0 Å². The molecule has 0 spiro atoms. The molecule has 1 aliphatic rings. The van der Waals surface area contributed by atoms with Gasteiger partial charge in [-0.1, -0.05) is 18.2 Å². The Hall–Kier alpha value is -1.68. The predicted octanol–water partition coefficient (Wildman–Crippen LogP) is 1.95. The molecule has 1 fully saturated rings. The summed E-state index contributed by atoms with van der Waals surface area (Å²) >= 11 is 0. The van der Waals surface area contributed by atoms with Crippen LogP contribution >= 0.6 is 0 Å². The topological polar surface area (TPSA) is 55.0 Å². The van der Waals surface area contributed by atoms with Crippen LogP contribution in [0, 0.1) is 0 Å². The zero-order valence-electron chi connectivity index (χ0n) is 10.4. The largest absolute Gasteiger partial charge is 0.365 e. The van der Waals surface area contributed by atoms with Crippen LogP contribution in [-0.4, -0.2) is 29.3 Å². The van der Waals surface area contributed by atoms with Crippen LogP contribution in [0.1, 0.15) is 19.3 Å². The molecule has 2 heterocycles. The number of piperidine rings is 1. The van der Waals surface area contributed by atoms with Crippen molar-refractivity contribution in [3.8, 4) is 0 Å². The van der Waals surface area contributed by atoms with Crippen molar-refractivity contribution in [2.75, 3.05) is 18.0 Å². The first kappa shape index (κ1) is 11.4. The molecule has 3 rings (SSSR count). The maximum Gasteiger partial charge on any atom is 0.0950 e. The Morgan fingerprint density at radius 3 is 3.06 bits per heavy atom. The summed E-state index contributed by atoms with van der Waals surface area (Å²) in [6.07, 6.45) is 5.55. The molecule has 1 aromatic heterocycles. The van der Waals surface area contributed by atoms with Crippen LogP contribution in [0.3, 0.4) is 0 Å². The zero-order chi connectivity index (χ0) is 12.4. The number of hydrogen-bond donors (Lipinski definition) is 1. The quantitative estimate of drug-likeness (QED) is 0.874. The number of benzene rings is 1.